The van der Waals surface area contributed by atoms with Crippen LogP contribution >= 0.6 is 0 Å². The summed E-state index contributed by atoms with van der Waals surface area (Å²) in [6, 6.07) is 4.83. The van der Waals surface area contributed by atoms with Gasteiger partial charge in [0.25, 0.3) is 0 Å². The quantitative estimate of drug-likeness (QED) is 0.805. The molecule has 1 fully saturated rings. The summed E-state index contributed by atoms with van der Waals surface area (Å²) in [5, 5.41) is 6.87. The maximum atomic E-state index is 12.2. The number of nitrogens with zero attached hydrogens (tertiary/aromatic N) is 1. The number of hydrogen-bond donors (Lipinski definition) is 2. The summed E-state index contributed by atoms with van der Waals surface area (Å²) in [6.07, 6.45) is 0.0937. The number of rotatable bonds is 5. The van der Waals surface area contributed by atoms with Gasteiger partial charge in [0.05, 0.1) is 18.5 Å². The van der Waals surface area contributed by atoms with E-state index >= 15 is 0 Å². The first kappa shape index (κ1) is 17.2. The molecule has 0 aliphatic carbocycles. The number of carbonyl (C=O) groups is 2. The minimum atomic E-state index is -3.81. The molecule has 1 aliphatic rings. The van der Waals surface area contributed by atoms with Crippen molar-refractivity contribution in [3.8, 4) is 5.75 Å². The van der Waals surface area contributed by atoms with Crippen molar-refractivity contribution in [2.24, 2.45) is 5.14 Å². The third-order valence-corrected chi connectivity index (χ3v) is 4.89. The molecule has 0 radical (unpaired) electrons. The number of sulfonamides is 1. The van der Waals surface area contributed by atoms with Gasteiger partial charge in [0.1, 0.15) is 11.0 Å². The SMILES string of the molecule is CCC(=O)Nc1ccc(OC)cc1N1CC(S(N)(=O)=O)CC1=O. The summed E-state index contributed by atoms with van der Waals surface area (Å²) in [7, 11) is -2.34. The Labute approximate surface area is 134 Å². The van der Waals surface area contributed by atoms with E-state index in [1.807, 2.05) is 0 Å². The van der Waals surface area contributed by atoms with E-state index in [0.29, 0.717) is 17.1 Å². The van der Waals surface area contributed by atoms with Crippen LogP contribution in [0.2, 0.25) is 0 Å². The van der Waals surface area contributed by atoms with Crippen LogP contribution in [-0.2, 0) is 19.6 Å². The minimum Gasteiger partial charge on any atom is -0.497 e. The summed E-state index contributed by atoms with van der Waals surface area (Å²) in [5.74, 6) is -0.100. The summed E-state index contributed by atoms with van der Waals surface area (Å²) < 4.78 is 28.1. The molecule has 1 atom stereocenters. The van der Waals surface area contributed by atoms with E-state index in [2.05, 4.69) is 5.32 Å². The molecular weight excluding hydrogens is 322 g/mol. The van der Waals surface area contributed by atoms with Gasteiger partial charge in [0.2, 0.25) is 21.8 Å². The van der Waals surface area contributed by atoms with E-state index in [4.69, 9.17) is 9.88 Å². The van der Waals surface area contributed by atoms with E-state index in [0.717, 1.165) is 0 Å². The predicted octanol–water partition coefficient (Wildman–Crippen LogP) is 0.437. The predicted molar refractivity (Wildman–Crippen MR) is 85.8 cm³/mol. The Morgan fingerprint density at radius 3 is 2.70 bits per heavy atom. The molecule has 1 aromatic carbocycles. The van der Waals surface area contributed by atoms with Crippen molar-refractivity contribution in [1.29, 1.82) is 0 Å². The number of nitrogens with one attached hydrogen (secondary N) is 1. The molecule has 2 amide bonds. The number of hydrogen-bond acceptors (Lipinski definition) is 5. The largest absolute Gasteiger partial charge is 0.497 e. The Morgan fingerprint density at radius 1 is 1.48 bits per heavy atom. The molecule has 1 aliphatic heterocycles. The van der Waals surface area contributed by atoms with Gasteiger partial charge in [0.15, 0.2) is 0 Å². The molecular formula is C14H19N3O5S. The van der Waals surface area contributed by atoms with Crippen molar-refractivity contribution >= 4 is 33.2 Å². The van der Waals surface area contributed by atoms with Crippen LogP contribution in [0.25, 0.3) is 0 Å². The number of amides is 2. The van der Waals surface area contributed by atoms with E-state index in [-0.39, 0.29) is 31.2 Å². The molecule has 1 aromatic rings. The second-order valence-electron chi connectivity index (χ2n) is 5.20. The molecule has 2 rings (SSSR count). The normalized spacial score (nSPS) is 18.1. The number of ether oxygens (including phenoxy) is 1. The Balaban J connectivity index is 2.40. The van der Waals surface area contributed by atoms with Gasteiger partial charge in [-0.3, -0.25) is 9.59 Å². The zero-order valence-corrected chi connectivity index (χ0v) is 13.7. The molecule has 9 heteroatoms. The van der Waals surface area contributed by atoms with Crippen LogP contribution in [0.1, 0.15) is 19.8 Å². The van der Waals surface area contributed by atoms with Crippen molar-refractivity contribution in [1.82, 2.24) is 0 Å². The molecule has 23 heavy (non-hydrogen) atoms. The third-order valence-electron chi connectivity index (χ3n) is 3.65. The zero-order valence-electron chi connectivity index (χ0n) is 12.9. The fraction of sp³-hybridized carbons (Fsp3) is 0.429. The lowest BCUT2D eigenvalue weighted by Gasteiger charge is -2.21. The first-order valence-corrected chi connectivity index (χ1v) is 8.67. The summed E-state index contributed by atoms with van der Waals surface area (Å²) in [5.41, 5.74) is 0.809. The molecule has 0 saturated carbocycles. The maximum Gasteiger partial charge on any atom is 0.228 e. The van der Waals surface area contributed by atoms with Gasteiger partial charge < -0.3 is 15.0 Å². The average Bonchev–Trinajstić information content (AvgIpc) is 2.89. The summed E-state index contributed by atoms with van der Waals surface area (Å²) >= 11 is 0. The molecule has 1 unspecified atom stereocenters. The van der Waals surface area contributed by atoms with Gasteiger partial charge in [-0.2, -0.15) is 0 Å². The van der Waals surface area contributed by atoms with Crippen LogP contribution in [0, 0.1) is 0 Å². The molecule has 8 nitrogen and oxygen atoms in total. The highest BCUT2D eigenvalue weighted by molar-refractivity contribution is 7.89. The van der Waals surface area contributed by atoms with Crippen molar-refractivity contribution in [3.05, 3.63) is 18.2 Å². The fourth-order valence-electron chi connectivity index (χ4n) is 2.33. The Hall–Kier alpha value is -2.13. The molecule has 0 spiro atoms. The van der Waals surface area contributed by atoms with Gasteiger partial charge >= 0.3 is 0 Å². The molecule has 0 bridgehead atoms. The van der Waals surface area contributed by atoms with E-state index in [9.17, 15) is 18.0 Å². The highest BCUT2D eigenvalue weighted by Gasteiger charge is 2.38. The van der Waals surface area contributed by atoms with Crippen LogP contribution in [0.5, 0.6) is 5.75 Å². The standard InChI is InChI=1S/C14H19N3O5S/c1-3-13(18)16-11-5-4-9(22-2)6-12(11)17-8-10(7-14(17)19)23(15,20)21/h4-6,10H,3,7-8H2,1-2H3,(H,16,18)(H2,15,20,21). The van der Waals surface area contributed by atoms with Gasteiger partial charge in [-0.15, -0.1) is 0 Å². The number of benzene rings is 1. The lowest BCUT2D eigenvalue weighted by Crippen LogP contribution is -2.32. The molecule has 1 heterocycles. The lowest BCUT2D eigenvalue weighted by molar-refractivity contribution is -0.117. The lowest BCUT2D eigenvalue weighted by atomic mass is 10.2. The van der Waals surface area contributed by atoms with Crippen LogP contribution in [-0.4, -0.2) is 39.1 Å². The fourth-order valence-corrected chi connectivity index (χ4v) is 3.07. The third kappa shape index (κ3) is 3.80. The van der Waals surface area contributed by atoms with E-state index < -0.39 is 15.3 Å². The number of carbonyl (C=O) groups excluding carboxylic acids is 2. The molecule has 3 N–H and O–H groups in total. The topological polar surface area (TPSA) is 119 Å². The molecule has 126 valence electrons. The molecule has 0 aromatic heterocycles. The van der Waals surface area contributed by atoms with Crippen LogP contribution in [0.4, 0.5) is 11.4 Å². The van der Waals surface area contributed by atoms with Gasteiger partial charge in [0, 0.05) is 25.5 Å². The van der Waals surface area contributed by atoms with Crippen molar-refractivity contribution < 1.29 is 22.7 Å². The monoisotopic (exact) mass is 341 g/mol. The maximum absolute atomic E-state index is 12.2. The average molecular weight is 341 g/mol. The van der Waals surface area contributed by atoms with Crippen LogP contribution in [0.3, 0.4) is 0 Å². The summed E-state index contributed by atoms with van der Waals surface area (Å²) in [4.78, 5) is 25.1. The molecule has 1 saturated heterocycles. The Morgan fingerprint density at radius 2 is 2.17 bits per heavy atom. The smallest absolute Gasteiger partial charge is 0.228 e. The Kier molecular flexibility index (Phi) is 4.90. The second kappa shape index (κ2) is 6.55. The Bertz CT molecular complexity index is 732. The highest BCUT2D eigenvalue weighted by atomic mass is 32.2. The zero-order chi connectivity index (χ0) is 17.2. The number of methoxy groups -OCH3 is 1. The van der Waals surface area contributed by atoms with Crippen LogP contribution in [0.15, 0.2) is 18.2 Å². The minimum absolute atomic E-state index is 0.0557. The van der Waals surface area contributed by atoms with Gasteiger partial charge in [-0.25, -0.2) is 13.6 Å². The number of primary sulfonamides is 1. The van der Waals surface area contributed by atoms with Crippen molar-refractivity contribution in [2.45, 2.75) is 25.0 Å². The van der Waals surface area contributed by atoms with Crippen LogP contribution < -0.4 is 20.1 Å². The van der Waals surface area contributed by atoms with Crippen molar-refractivity contribution in [2.75, 3.05) is 23.9 Å². The number of nitrogens with two attached hydrogens (primary N) is 1. The van der Waals surface area contributed by atoms with Gasteiger partial charge in [-0.05, 0) is 12.1 Å². The highest BCUT2D eigenvalue weighted by Crippen LogP contribution is 2.34. The first-order chi connectivity index (χ1) is 10.8. The first-order valence-electron chi connectivity index (χ1n) is 7.06. The van der Waals surface area contributed by atoms with Crippen molar-refractivity contribution in [3.63, 3.8) is 0 Å². The summed E-state index contributed by atoms with van der Waals surface area (Å²) in [6.45, 7) is 1.65. The second-order valence-corrected chi connectivity index (χ2v) is 7.05. The number of anilines is 2. The van der Waals surface area contributed by atoms with Gasteiger partial charge in [-0.1, -0.05) is 6.92 Å². The van der Waals surface area contributed by atoms with E-state index in [1.165, 1.54) is 12.0 Å². The van der Waals surface area contributed by atoms with E-state index in [1.54, 1.807) is 25.1 Å².